The molecular formula is C10H15ClN2. The lowest BCUT2D eigenvalue weighted by molar-refractivity contribution is 0.690. The molecule has 0 bridgehead atoms. The van der Waals surface area contributed by atoms with Crippen molar-refractivity contribution in [2.75, 3.05) is 5.32 Å². The number of pyridine rings is 1. The van der Waals surface area contributed by atoms with Crippen molar-refractivity contribution >= 4 is 17.3 Å². The number of hydrogen-bond acceptors (Lipinski definition) is 2. The van der Waals surface area contributed by atoms with Crippen molar-refractivity contribution in [1.29, 1.82) is 0 Å². The number of aromatic nitrogens is 1. The van der Waals surface area contributed by atoms with Crippen LogP contribution in [0.4, 0.5) is 5.69 Å². The van der Waals surface area contributed by atoms with Crippen LogP contribution in [0.1, 0.15) is 26.7 Å². The third kappa shape index (κ3) is 3.64. The summed E-state index contributed by atoms with van der Waals surface area (Å²) in [5.74, 6) is 0. The summed E-state index contributed by atoms with van der Waals surface area (Å²) in [4.78, 5) is 4.00. The van der Waals surface area contributed by atoms with Gasteiger partial charge in [0.2, 0.25) is 0 Å². The molecule has 1 heterocycles. The van der Waals surface area contributed by atoms with Crippen molar-refractivity contribution in [3.05, 3.63) is 23.5 Å². The highest BCUT2D eigenvalue weighted by Crippen LogP contribution is 2.12. The summed E-state index contributed by atoms with van der Waals surface area (Å²) < 4.78 is 0. The maximum absolute atomic E-state index is 5.67. The molecular weight excluding hydrogens is 184 g/mol. The molecule has 0 aliphatic rings. The summed E-state index contributed by atoms with van der Waals surface area (Å²) in [6, 6.07) is 4.23. The molecule has 13 heavy (non-hydrogen) atoms. The van der Waals surface area contributed by atoms with Gasteiger partial charge in [-0.3, -0.25) is 0 Å². The van der Waals surface area contributed by atoms with E-state index in [9.17, 15) is 0 Å². The minimum absolute atomic E-state index is 0.493. The molecule has 0 saturated heterocycles. The summed E-state index contributed by atoms with van der Waals surface area (Å²) in [5, 5.41) is 3.88. The molecule has 0 aromatic carbocycles. The van der Waals surface area contributed by atoms with Gasteiger partial charge in [-0.15, -0.1) is 0 Å². The fourth-order valence-electron chi connectivity index (χ4n) is 1.25. The van der Waals surface area contributed by atoms with E-state index in [0.717, 1.165) is 5.69 Å². The third-order valence-electron chi connectivity index (χ3n) is 1.86. The molecule has 1 aromatic rings. The molecule has 0 spiro atoms. The Morgan fingerprint density at radius 1 is 1.54 bits per heavy atom. The van der Waals surface area contributed by atoms with Crippen molar-refractivity contribution in [1.82, 2.24) is 4.98 Å². The Bertz CT molecular complexity index is 246. The standard InChI is InChI=1S/C10H15ClN2/c1-3-4-8(2)13-9-5-6-10(11)12-7-9/h5-8,13H,3-4H2,1-2H3/t8-/m1/s1. The Labute approximate surface area is 84.3 Å². The van der Waals surface area contributed by atoms with E-state index in [1.54, 1.807) is 12.3 Å². The number of anilines is 1. The van der Waals surface area contributed by atoms with Gasteiger partial charge in [0.25, 0.3) is 0 Å². The minimum Gasteiger partial charge on any atom is -0.381 e. The van der Waals surface area contributed by atoms with Crippen LogP contribution in [0.3, 0.4) is 0 Å². The summed E-state index contributed by atoms with van der Waals surface area (Å²) in [6.07, 6.45) is 4.12. The van der Waals surface area contributed by atoms with Crippen molar-refractivity contribution in [3.8, 4) is 0 Å². The number of nitrogens with one attached hydrogen (secondary N) is 1. The molecule has 1 rings (SSSR count). The minimum atomic E-state index is 0.493. The van der Waals surface area contributed by atoms with Gasteiger partial charge in [0, 0.05) is 6.04 Å². The molecule has 1 N–H and O–H groups in total. The number of hydrogen-bond donors (Lipinski definition) is 1. The van der Waals surface area contributed by atoms with Crippen molar-refractivity contribution in [3.63, 3.8) is 0 Å². The van der Waals surface area contributed by atoms with Crippen molar-refractivity contribution in [2.24, 2.45) is 0 Å². The highest BCUT2D eigenvalue weighted by molar-refractivity contribution is 6.29. The highest BCUT2D eigenvalue weighted by Gasteiger charge is 1.99. The van der Waals surface area contributed by atoms with Gasteiger partial charge in [-0.05, 0) is 25.5 Å². The topological polar surface area (TPSA) is 24.9 Å². The number of nitrogens with zero attached hydrogens (tertiary/aromatic N) is 1. The number of halogens is 1. The quantitative estimate of drug-likeness (QED) is 0.751. The molecule has 0 fully saturated rings. The lowest BCUT2D eigenvalue weighted by Crippen LogP contribution is -2.14. The van der Waals surface area contributed by atoms with Gasteiger partial charge >= 0.3 is 0 Å². The van der Waals surface area contributed by atoms with Crippen LogP contribution in [0.25, 0.3) is 0 Å². The predicted molar refractivity (Wildman–Crippen MR) is 57.2 cm³/mol. The van der Waals surface area contributed by atoms with Crippen LogP contribution in [0.2, 0.25) is 5.15 Å². The van der Waals surface area contributed by atoms with Crippen LogP contribution < -0.4 is 5.32 Å². The van der Waals surface area contributed by atoms with E-state index in [0.29, 0.717) is 11.2 Å². The van der Waals surface area contributed by atoms with Gasteiger partial charge in [0.1, 0.15) is 5.15 Å². The normalized spacial score (nSPS) is 12.5. The Hall–Kier alpha value is -0.760. The molecule has 0 aliphatic carbocycles. The summed E-state index contributed by atoms with van der Waals surface area (Å²) >= 11 is 5.67. The van der Waals surface area contributed by atoms with E-state index in [-0.39, 0.29) is 0 Å². The average molecular weight is 199 g/mol. The maximum atomic E-state index is 5.67. The first-order valence-electron chi connectivity index (χ1n) is 4.60. The van der Waals surface area contributed by atoms with Crippen molar-refractivity contribution < 1.29 is 0 Å². The molecule has 2 nitrogen and oxygen atoms in total. The lowest BCUT2D eigenvalue weighted by atomic mass is 10.2. The fraction of sp³-hybridized carbons (Fsp3) is 0.500. The van der Waals surface area contributed by atoms with Crippen LogP contribution in [0, 0.1) is 0 Å². The van der Waals surface area contributed by atoms with Gasteiger partial charge < -0.3 is 5.32 Å². The average Bonchev–Trinajstić information content (AvgIpc) is 2.09. The Morgan fingerprint density at radius 2 is 2.31 bits per heavy atom. The van der Waals surface area contributed by atoms with E-state index in [4.69, 9.17) is 11.6 Å². The first kappa shape index (κ1) is 10.3. The molecule has 0 radical (unpaired) electrons. The Morgan fingerprint density at radius 3 is 2.85 bits per heavy atom. The van der Waals surface area contributed by atoms with E-state index in [1.807, 2.05) is 6.07 Å². The van der Waals surface area contributed by atoms with Gasteiger partial charge in [0.05, 0.1) is 11.9 Å². The molecule has 1 aromatic heterocycles. The van der Waals surface area contributed by atoms with E-state index < -0.39 is 0 Å². The SMILES string of the molecule is CCC[C@@H](C)Nc1ccc(Cl)nc1. The number of rotatable bonds is 4. The zero-order valence-corrected chi connectivity index (χ0v) is 8.80. The first-order chi connectivity index (χ1) is 6.22. The zero-order chi connectivity index (χ0) is 9.68. The molecule has 0 unspecified atom stereocenters. The third-order valence-corrected chi connectivity index (χ3v) is 2.09. The zero-order valence-electron chi connectivity index (χ0n) is 8.05. The van der Waals surface area contributed by atoms with E-state index in [2.05, 4.69) is 24.1 Å². The smallest absolute Gasteiger partial charge is 0.129 e. The molecule has 3 heteroatoms. The largest absolute Gasteiger partial charge is 0.381 e. The highest BCUT2D eigenvalue weighted by atomic mass is 35.5. The fourth-order valence-corrected chi connectivity index (χ4v) is 1.36. The molecule has 1 atom stereocenters. The van der Waals surface area contributed by atoms with Crippen LogP contribution in [0.5, 0.6) is 0 Å². The first-order valence-corrected chi connectivity index (χ1v) is 4.98. The van der Waals surface area contributed by atoms with Gasteiger partial charge in [-0.1, -0.05) is 24.9 Å². The molecule has 72 valence electrons. The Balaban J connectivity index is 2.49. The van der Waals surface area contributed by atoms with Crippen LogP contribution >= 0.6 is 11.6 Å². The summed E-state index contributed by atoms with van der Waals surface area (Å²) in [5.41, 5.74) is 1.03. The molecule has 0 amide bonds. The predicted octanol–water partition coefficient (Wildman–Crippen LogP) is 3.34. The van der Waals surface area contributed by atoms with Gasteiger partial charge in [0.15, 0.2) is 0 Å². The van der Waals surface area contributed by atoms with Gasteiger partial charge in [-0.25, -0.2) is 4.98 Å². The summed E-state index contributed by atoms with van der Waals surface area (Å²) in [6.45, 7) is 4.34. The molecule has 0 aliphatic heterocycles. The van der Waals surface area contributed by atoms with E-state index in [1.165, 1.54) is 12.8 Å². The van der Waals surface area contributed by atoms with Crippen LogP contribution in [-0.2, 0) is 0 Å². The second-order valence-electron chi connectivity index (χ2n) is 3.20. The van der Waals surface area contributed by atoms with E-state index >= 15 is 0 Å². The van der Waals surface area contributed by atoms with Crippen molar-refractivity contribution in [2.45, 2.75) is 32.7 Å². The summed E-state index contributed by atoms with van der Waals surface area (Å²) in [7, 11) is 0. The second kappa shape index (κ2) is 5.07. The molecule has 0 saturated carbocycles. The second-order valence-corrected chi connectivity index (χ2v) is 3.59. The van der Waals surface area contributed by atoms with Crippen LogP contribution in [-0.4, -0.2) is 11.0 Å². The lowest BCUT2D eigenvalue weighted by Gasteiger charge is -2.13. The monoisotopic (exact) mass is 198 g/mol. The Kier molecular flexibility index (Phi) is 4.03. The van der Waals surface area contributed by atoms with Crippen LogP contribution in [0.15, 0.2) is 18.3 Å². The maximum Gasteiger partial charge on any atom is 0.129 e. The van der Waals surface area contributed by atoms with Gasteiger partial charge in [-0.2, -0.15) is 0 Å².